The maximum absolute atomic E-state index is 12.4. The van der Waals surface area contributed by atoms with Gasteiger partial charge in [0.05, 0.1) is 25.2 Å². The van der Waals surface area contributed by atoms with Gasteiger partial charge in [0.25, 0.3) is 0 Å². The Labute approximate surface area is 180 Å². The zero-order chi connectivity index (χ0) is 20.9. The number of carbonyl (C=O) groups excluding carboxylic acids is 1. The van der Waals surface area contributed by atoms with E-state index in [-0.39, 0.29) is 18.1 Å². The van der Waals surface area contributed by atoms with Gasteiger partial charge in [-0.1, -0.05) is 29.8 Å². The first kappa shape index (κ1) is 20.6. The first-order valence-corrected chi connectivity index (χ1v) is 10.4. The second kappa shape index (κ2) is 9.43. The molecule has 0 spiro atoms. The molecule has 6 nitrogen and oxygen atoms in total. The molecule has 7 heteroatoms. The van der Waals surface area contributed by atoms with Crippen molar-refractivity contribution < 1.29 is 14.6 Å². The summed E-state index contributed by atoms with van der Waals surface area (Å²) in [5.41, 5.74) is 3.29. The summed E-state index contributed by atoms with van der Waals surface area (Å²) in [5, 5.41) is 15.0. The molecule has 156 valence electrons. The number of benzene rings is 2. The van der Waals surface area contributed by atoms with E-state index in [4.69, 9.17) is 16.3 Å². The van der Waals surface area contributed by atoms with E-state index in [9.17, 15) is 9.90 Å². The molecular weight excluding hydrogens is 402 g/mol. The maximum atomic E-state index is 12.4. The number of nitrogens with one attached hydrogen (secondary N) is 1. The summed E-state index contributed by atoms with van der Waals surface area (Å²) in [7, 11) is 0. The van der Waals surface area contributed by atoms with E-state index < -0.39 is 0 Å². The van der Waals surface area contributed by atoms with Gasteiger partial charge in [0, 0.05) is 48.3 Å². The number of phenolic OH excluding ortho intramolecular Hbond substituents is 1. The van der Waals surface area contributed by atoms with Crippen LogP contribution in [0.4, 0.5) is 0 Å². The van der Waals surface area contributed by atoms with Crippen LogP contribution in [-0.4, -0.2) is 47.2 Å². The summed E-state index contributed by atoms with van der Waals surface area (Å²) in [6.07, 6.45) is 1.94. The third kappa shape index (κ3) is 5.08. The number of pyridine rings is 1. The number of phenols is 1. The highest BCUT2D eigenvalue weighted by molar-refractivity contribution is 6.30. The van der Waals surface area contributed by atoms with E-state index in [1.165, 1.54) is 0 Å². The standard InChI is InChI=1S/C23H24ClN3O3/c24-19-4-1-16(2-5-19)13-26-22(28)12-18-3-6-21-20(23(18)29)11-17(14-25-21)15-27-7-9-30-10-8-27/h1-6,11,14,29H,7-10,12-13,15H2,(H,26,28). The monoisotopic (exact) mass is 425 g/mol. The van der Waals surface area contributed by atoms with Gasteiger partial charge >= 0.3 is 0 Å². The highest BCUT2D eigenvalue weighted by Crippen LogP contribution is 2.29. The lowest BCUT2D eigenvalue weighted by atomic mass is 10.0. The number of ether oxygens (including phenoxy) is 1. The molecule has 0 aliphatic carbocycles. The topological polar surface area (TPSA) is 74.7 Å². The van der Waals surface area contributed by atoms with Gasteiger partial charge < -0.3 is 15.2 Å². The molecule has 2 aromatic carbocycles. The third-order valence-electron chi connectivity index (χ3n) is 5.24. The number of carbonyl (C=O) groups is 1. The number of aromatic hydroxyl groups is 1. The molecule has 0 atom stereocenters. The highest BCUT2D eigenvalue weighted by atomic mass is 35.5. The molecule has 2 heterocycles. The van der Waals surface area contributed by atoms with Crippen LogP contribution >= 0.6 is 11.6 Å². The molecule has 30 heavy (non-hydrogen) atoms. The van der Waals surface area contributed by atoms with Crippen molar-refractivity contribution in [2.75, 3.05) is 26.3 Å². The molecule has 1 aliphatic rings. The second-order valence-corrected chi connectivity index (χ2v) is 7.89. The zero-order valence-electron chi connectivity index (χ0n) is 16.6. The predicted molar refractivity (Wildman–Crippen MR) is 117 cm³/mol. The van der Waals surface area contributed by atoms with E-state index in [2.05, 4.69) is 15.2 Å². The summed E-state index contributed by atoms with van der Waals surface area (Å²) < 4.78 is 5.39. The van der Waals surface area contributed by atoms with Gasteiger partial charge in [-0.3, -0.25) is 14.7 Å². The van der Waals surface area contributed by atoms with Crippen molar-refractivity contribution in [1.82, 2.24) is 15.2 Å². The molecular formula is C23H24ClN3O3. The Hall–Kier alpha value is -2.67. The quantitative estimate of drug-likeness (QED) is 0.634. The van der Waals surface area contributed by atoms with Crippen LogP contribution in [0.15, 0.2) is 48.7 Å². The first-order valence-electron chi connectivity index (χ1n) is 9.99. The van der Waals surface area contributed by atoms with Crippen molar-refractivity contribution in [3.05, 3.63) is 70.4 Å². The van der Waals surface area contributed by atoms with Crippen molar-refractivity contribution in [1.29, 1.82) is 0 Å². The van der Waals surface area contributed by atoms with Crippen LogP contribution in [0.1, 0.15) is 16.7 Å². The largest absolute Gasteiger partial charge is 0.507 e. The summed E-state index contributed by atoms with van der Waals surface area (Å²) in [6.45, 7) is 4.42. The maximum Gasteiger partial charge on any atom is 0.224 e. The summed E-state index contributed by atoms with van der Waals surface area (Å²) >= 11 is 5.88. The molecule has 1 amide bonds. The Bertz CT molecular complexity index is 1030. The molecule has 1 saturated heterocycles. The van der Waals surface area contributed by atoms with Crippen LogP contribution in [0, 0.1) is 0 Å². The van der Waals surface area contributed by atoms with Gasteiger partial charge in [-0.15, -0.1) is 0 Å². The summed E-state index contributed by atoms with van der Waals surface area (Å²) in [4.78, 5) is 19.2. The molecule has 0 saturated carbocycles. The normalized spacial score (nSPS) is 14.7. The van der Waals surface area contributed by atoms with Crippen molar-refractivity contribution in [2.45, 2.75) is 19.5 Å². The SMILES string of the molecule is O=C(Cc1ccc2ncc(CN3CCOCC3)cc2c1O)NCc1ccc(Cl)cc1. The lowest BCUT2D eigenvalue weighted by molar-refractivity contribution is -0.120. The third-order valence-corrected chi connectivity index (χ3v) is 5.49. The minimum absolute atomic E-state index is 0.100. The summed E-state index contributed by atoms with van der Waals surface area (Å²) in [6, 6.07) is 12.9. The van der Waals surface area contributed by atoms with Crippen LogP contribution in [0.5, 0.6) is 5.75 Å². The van der Waals surface area contributed by atoms with Gasteiger partial charge in [0.2, 0.25) is 5.91 Å². The fourth-order valence-corrected chi connectivity index (χ4v) is 3.68. The number of rotatable bonds is 6. The number of fused-ring (bicyclic) bond motifs is 1. The molecule has 4 rings (SSSR count). The van der Waals surface area contributed by atoms with Crippen molar-refractivity contribution >= 4 is 28.4 Å². The van der Waals surface area contributed by atoms with Gasteiger partial charge in [0.15, 0.2) is 0 Å². The molecule has 2 N–H and O–H groups in total. The summed E-state index contributed by atoms with van der Waals surface area (Å²) in [5.74, 6) is -0.0394. The van der Waals surface area contributed by atoms with E-state index in [0.29, 0.717) is 28.0 Å². The van der Waals surface area contributed by atoms with Crippen LogP contribution in [0.3, 0.4) is 0 Å². The molecule has 1 fully saturated rings. The fourth-order valence-electron chi connectivity index (χ4n) is 3.56. The van der Waals surface area contributed by atoms with E-state index in [1.807, 2.05) is 30.5 Å². The molecule has 0 bridgehead atoms. The number of hydrogen-bond acceptors (Lipinski definition) is 5. The minimum Gasteiger partial charge on any atom is -0.507 e. The molecule has 1 aliphatic heterocycles. The molecule has 0 radical (unpaired) electrons. The van der Waals surface area contributed by atoms with Crippen LogP contribution in [0.2, 0.25) is 5.02 Å². The highest BCUT2D eigenvalue weighted by Gasteiger charge is 2.14. The minimum atomic E-state index is -0.156. The number of halogens is 1. The Kier molecular flexibility index (Phi) is 6.47. The number of morpholine rings is 1. The number of aromatic nitrogens is 1. The van der Waals surface area contributed by atoms with Crippen molar-refractivity contribution in [3.63, 3.8) is 0 Å². The Balaban J connectivity index is 1.44. The Morgan fingerprint density at radius 3 is 2.67 bits per heavy atom. The molecule has 0 unspecified atom stereocenters. The van der Waals surface area contributed by atoms with Gasteiger partial charge in [-0.2, -0.15) is 0 Å². The lowest BCUT2D eigenvalue weighted by Gasteiger charge is -2.26. The van der Waals surface area contributed by atoms with Gasteiger partial charge in [-0.05, 0) is 35.4 Å². The predicted octanol–water partition coefficient (Wildman–Crippen LogP) is 3.28. The number of nitrogens with zero attached hydrogens (tertiary/aromatic N) is 2. The molecule has 1 aromatic heterocycles. The van der Waals surface area contributed by atoms with Crippen LogP contribution in [0.25, 0.3) is 10.9 Å². The number of amides is 1. The van der Waals surface area contributed by atoms with E-state index >= 15 is 0 Å². The van der Waals surface area contributed by atoms with E-state index in [0.717, 1.165) is 44.0 Å². The zero-order valence-corrected chi connectivity index (χ0v) is 17.4. The van der Waals surface area contributed by atoms with Gasteiger partial charge in [0.1, 0.15) is 5.75 Å². The number of hydrogen-bond donors (Lipinski definition) is 2. The average molecular weight is 426 g/mol. The van der Waals surface area contributed by atoms with Gasteiger partial charge in [-0.25, -0.2) is 0 Å². The Morgan fingerprint density at radius 1 is 1.13 bits per heavy atom. The Morgan fingerprint density at radius 2 is 1.90 bits per heavy atom. The van der Waals surface area contributed by atoms with Crippen molar-refractivity contribution in [2.24, 2.45) is 0 Å². The van der Waals surface area contributed by atoms with E-state index in [1.54, 1.807) is 18.2 Å². The van der Waals surface area contributed by atoms with Crippen LogP contribution in [-0.2, 0) is 29.0 Å². The smallest absolute Gasteiger partial charge is 0.224 e. The molecule has 3 aromatic rings. The first-order chi connectivity index (χ1) is 14.6. The average Bonchev–Trinajstić information content (AvgIpc) is 2.76. The lowest BCUT2D eigenvalue weighted by Crippen LogP contribution is -2.35. The fraction of sp³-hybridized carbons (Fsp3) is 0.304. The second-order valence-electron chi connectivity index (χ2n) is 7.45. The van der Waals surface area contributed by atoms with Crippen molar-refractivity contribution in [3.8, 4) is 5.75 Å². The van der Waals surface area contributed by atoms with Crippen LogP contribution < -0.4 is 5.32 Å².